The lowest BCUT2D eigenvalue weighted by Gasteiger charge is -2.23. The number of fused-ring (bicyclic) bond motifs is 1. The van der Waals surface area contributed by atoms with Crippen LogP contribution in [0.25, 0.3) is 10.8 Å². The van der Waals surface area contributed by atoms with Crippen LogP contribution >= 0.6 is 0 Å². The van der Waals surface area contributed by atoms with Crippen LogP contribution < -0.4 is 0 Å². The Labute approximate surface area is 163 Å². The van der Waals surface area contributed by atoms with Crippen LogP contribution in [0.4, 0.5) is 0 Å². The summed E-state index contributed by atoms with van der Waals surface area (Å²) in [6.07, 6.45) is 0. The van der Waals surface area contributed by atoms with Gasteiger partial charge in [0.05, 0.1) is 7.11 Å². The summed E-state index contributed by atoms with van der Waals surface area (Å²) in [7, 11) is 1.32. The molecule has 0 aliphatic carbocycles. The molecule has 138 valence electrons. The summed E-state index contributed by atoms with van der Waals surface area (Å²) in [4.78, 5) is 12.3. The molecule has 28 heavy (non-hydrogen) atoms. The predicted molar refractivity (Wildman–Crippen MR) is 111 cm³/mol. The van der Waals surface area contributed by atoms with Crippen LogP contribution in [0.1, 0.15) is 33.0 Å². The summed E-state index contributed by atoms with van der Waals surface area (Å²) < 4.78 is 4.91. The fraction of sp³-hybridized carbons (Fsp3) is 0.0800. The number of carbonyl (C=O) groups is 1. The Morgan fingerprint density at radius 2 is 1.36 bits per heavy atom. The molecule has 0 amide bonds. The molecule has 0 spiro atoms. The van der Waals surface area contributed by atoms with Crippen LogP contribution in [-0.4, -0.2) is 18.2 Å². The van der Waals surface area contributed by atoms with Crippen molar-refractivity contribution in [3.63, 3.8) is 0 Å². The highest BCUT2D eigenvalue weighted by atomic mass is 16.5. The van der Waals surface area contributed by atoms with E-state index < -0.39 is 5.97 Å². The Morgan fingerprint density at radius 3 is 1.93 bits per heavy atom. The third-order valence-corrected chi connectivity index (χ3v) is 5.02. The van der Waals surface area contributed by atoms with E-state index in [4.69, 9.17) is 4.74 Å². The zero-order valence-corrected chi connectivity index (χ0v) is 15.5. The number of phenols is 1. The fourth-order valence-corrected chi connectivity index (χ4v) is 3.74. The van der Waals surface area contributed by atoms with E-state index in [-0.39, 0.29) is 17.2 Å². The number of methoxy groups -OCH3 is 1. The highest BCUT2D eigenvalue weighted by Gasteiger charge is 2.26. The maximum Gasteiger partial charge on any atom is 0.341 e. The van der Waals surface area contributed by atoms with Crippen molar-refractivity contribution in [2.75, 3.05) is 7.11 Å². The smallest absolute Gasteiger partial charge is 0.341 e. The summed E-state index contributed by atoms with van der Waals surface area (Å²) in [6.45, 7) is 0. The first-order chi connectivity index (χ1) is 13.7. The van der Waals surface area contributed by atoms with Crippen LogP contribution in [0.5, 0.6) is 5.75 Å². The first-order valence-electron chi connectivity index (χ1n) is 9.13. The van der Waals surface area contributed by atoms with Gasteiger partial charge in [-0.15, -0.1) is 0 Å². The number of aromatic hydroxyl groups is 1. The van der Waals surface area contributed by atoms with Gasteiger partial charge in [-0.25, -0.2) is 4.79 Å². The fourth-order valence-electron chi connectivity index (χ4n) is 3.74. The number of rotatable bonds is 4. The molecule has 0 unspecified atom stereocenters. The van der Waals surface area contributed by atoms with Crippen LogP contribution in [0.15, 0.2) is 91.0 Å². The summed E-state index contributed by atoms with van der Waals surface area (Å²) in [5.74, 6) is -0.815. The number of ether oxygens (including phenoxy) is 1. The van der Waals surface area contributed by atoms with E-state index in [0.29, 0.717) is 5.56 Å². The highest BCUT2D eigenvalue weighted by molar-refractivity contribution is 6.01. The average Bonchev–Trinajstić information content (AvgIpc) is 2.76. The molecule has 0 bridgehead atoms. The molecule has 4 aromatic rings. The molecule has 3 heteroatoms. The quantitative estimate of drug-likeness (QED) is 0.381. The van der Waals surface area contributed by atoms with E-state index in [9.17, 15) is 9.90 Å². The number of phenolic OH excluding ortho intramolecular Hbond substituents is 1. The van der Waals surface area contributed by atoms with Gasteiger partial charge < -0.3 is 9.84 Å². The van der Waals surface area contributed by atoms with Crippen molar-refractivity contribution in [3.05, 3.63) is 113 Å². The van der Waals surface area contributed by atoms with Crippen LogP contribution in [0, 0.1) is 0 Å². The molecule has 0 heterocycles. The van der Waals surface area contributed by atoms with Gasteiger partial charge in [0.25, 0.3) is 0 Å². The molecule has 4 rings (SSSR count). The van der Waals surface area contributed by atoms with E-state index in [1.54, 1.807) is 6.07 Å². The van der Waals surface area contributed by atoms with E-state index in [0.717, 1.165) is 21.9 Å². The molecule has 0 atom stereocenters. The molecule has 0 aromatic heterocycles. The summed E-state index contributed by atoms with van der Waals surface area (Å²) >= 11 is 0. The van der Waals surface area contributed by atoms with Crippen molar-refractivity contribution in [1.82, 2.24) is 0 Å². The first-order valence-corrected chi connectivity index (χ1v) is 9.13. The number of hydrogen-bond acceptors (Lipinski definition) is 3. The van der Waals surface area contributed by atoms with Gasteiger partial charge >= 0.3 is 5.97 Å². The Balaban J connectivity index is 2.09. The first kappa shape index (κ1) is 17.8. The summed E-state index contributed by atoms with van der Waals surface area (Å²) in [5, 5.41) is 13.0. The molecule has 0 saturated heterocycles. The molecule has 3 nitrogen and oxygen atoms in total. The third-order valence-electron chi connectivity index (χ3n) is 5.02. The van der Waals surface area contributed by atoms with E-state index in [2.05, 4.69) is 0 Å². The lowest BCUT2D eigenvalue weighted by atomic mass is 9.81. The maximum absolute atomic E-state index is 12.3. The number of hydrogen-bond donors (Lipinski definition) is 1. The van der Waals surface area contributed by atoms with Crippen molar-refractivity contribution in [3.8, 4) is 5.75 Å². The Bertz CT molecular complexity index is 1080. The summed E-state index contributed by atoms with van der Waals surface area (Å²) in [6, 6.07) is 29.5. The molecule has 0 aliphatic rings. The Kier molecular flexibility index (Phi) is 4.81. The van der Waals surface area contributed by atoms with Crippen LogP contribution in [0.2, 0.25) is 0 Å². The standard InChI is InChI=1S/C25H20O3/c1-28-25(27)21-16-19-14-8-9-15-20(19)23(24(21)26)22(17-10-4-2-5-11-17)18-12-6-3-7-13-18/h2-16,22,26H,1H3. The normalized spacial score (nSPS) is 10.9. The van der Waals surface area contributed by atoms with Crippen molar-refractivity contribution in [2.45, 2.75) is 5.92 Å². The van der Waals surface area contributed by atoms with Gasteiger partial charge in [0.15, 0.2) is 0 Å². The third kappa shape index (κ3) is 3.12. The van der Waals surface area contributed by atoms with Crippen LogP contribution in [0.3, 0.4) is 0 Å². The van der Waals surface area contributed by atoms with Gasteiger partial charge in [-0.3, -0.25) is 0 Å². The van der Waals surface area contributed by atoms with Gasteiger partial charge in [-0.2, -0.15) is 0 Å². The molecular weight excluding hydrogens is 348 g/mol. The molecule has 0 radical (unpaired) electrons. The summed E-state index contributed by atoms with van der Waals surface area (Å²) in [5.41, 5.74) is 2.95. The minimum atomic E-state index is -0.552. The average molecular weight is 368 g/mol. The van der Waals surface area contributed by atoms with Crippen LogP contribution in [-0.2, 0) is 4.74 Å². The second-order valence-electron chi connectivity index (χ2n) is 6.65. The van der Waals surface area contributed by atoms with E-state index in [1.807, 2.05) is 84.9 Å². The van der Waals surface area contributed by atoms with Crippen molar-refractivity contribution in [1.29, 1.82) is 0 Å². The number of esters is 1. The highest BCUT2D eigenvalue weighted by Crippen LogP contribution is 2.43. The number of carbonyl (C=O) groups excluding carboxylic acids is 1. The van der Waals surface area contributed by atoms with E-state index >= 15 is 0 Å². The molecular formula is C25H20O3. The lowest BCUT2D eigenvalue weighted by molar-refractivity contribution is 0.0597. The minimum absolute atomic E-state index is 0.0387. The predicted octanol–water partition coefficient (Wildman–Crippen LogP) is 5.51. The monoisotopic (exact) mass is 368 g/mol. The lowest BCUT2D eigenvalue weighted by Crippen LogP contribution is -2.09. The van der Waals surface area contributed by atoms with Gasteiger partial charge in [-0.1, -0.05) is 84.9 Å². The van der Waals surface area contributed by atoms with Crippen molar-refractivity contribution < 1.29 is 14.6 Å². The molecule has 4 aromatic carbocycles. The second kappa shape index (κ2) is 7.57. The van der Waals surface area contributed by atoms with E-state index in [1.165, 1.54) is 7.11 Å². The zero-order valence-electron chi connectivity index (χ0n) is 15.5. The SMILES string of the molecule is COC(=O)c1cc2ccccc2c(C(c2ccccc2)c2ccccc2)c1O. The van der Waals surface area contributed by atoms with Crippen molar-refractivity contribution >= 4 is 16.7 Å². The molecule has 0 aliphatic heterocycles. The molecule has 1 N–H and O–H groups in total. The van der Waals surface area contributed by atoms with Gasteiger partial charge in [0.1, 0.15) is 11.3 Å². The Morgan fingerprint density at radius 1 is 0.821 bits per heavy atom. The Hall–Kier alpha value is -3.59. The molecule has 0 saturated carbocycles. The molecule has 0 fully saturated rings. The van der Waals surface area contributed by atoms with Crippen molar-refractivity contribution in [2.24, 2.45) is 0 Å². The topological polar surface area (TPSA) is 46.5 Å². The van der Waals surface area contributed by atoms with Gasteiger partial charge in [0, 0.05) is 11.5 Å². The minimum Gasteiger partial charge on any atom is -0.507 e. The van der Waals surface area contributed by atoms with Gasteiger partial charge in [0.2, 0.25) is 0 Å². The zero-order chi connectivity index (χ0) is 19.5. The number of benzene rings is 4. The largest absolute Gasteiger partial charge is 0.507 e. The van der Waals surface area contributed by atoms with Gasteiger partial charge in [-0.05, 0) is 28.0 Å². The second-order valence-corrected chi connectivity index (χ2v) is 6.65. The maximum atomic E-state index is 12.3.